The third-order valence-corrected chi connectivity index (χ3v) is 3.17. The molecular weight excluding hydrogens is 272 g/mol. The van der Waals surface area contributed by atoms with E-state index < -0.39 is 11.6 Å². The molecule has 0 amide bonds. The van der Waals surface area contributed by atoms with Gasteiger partial charge in [-0.3, -0.25) is 4.57 Å². The van der Waals surface area contributed by atoms with Crippen molar-refractivity contribution in [1.29, 1.82) is 0 Å². The monoisotopic (exact) mass is 285 g/mol. The third kappa shape index (κ3) is 2.63. The Morgan fingerprint density at radius 2 is 1.81 bits per heavy atom. The first-order valence-corrected chi connectivity index (χ1v) is 6.46. The first-order valence-electron chi connectivity index (χ1n) is 6.46. The SMILES string of the molecule is Cc1cc(F)c(Nc2nccn2-c2ccccc2)cc1F. The van der Waals surface area contributed by atoms with Crippen molar-refractivity contribution >= 4 is 11.6 Å². The normalized spacial score (nSPS) is 10.6. The lowest BCUT2D eigenvalue weighted by atomic mass is 10.2. The molecule has 5 heteroatoms. The summed E-state index contributed by atoms with van der Waals surface area (Å²) in [5.74, 6) is -0.559. The van der Waals surface area contributed by atoms with Gasteiger partial charge in [0.25, 0.3) is 0 Å². The summed E-state index contributed by atoms with van der Waals surface area (Å²) in [5, 5.41) is 2.82. The zero-order valence-corrected chi connectivity index (χ0v) is 11.3. The number of nitrogens with one attached hydrogen (secondary N) is 1. The van der Waals surface area contributed by atoms with Crippen LogP contribution >= 0.6 is 0 Å². The van der Waals surface area contributed by atoms with E-state index in [4.69, 9.17) is 0 Å². The fraction of sp³-hybridized carbons (Fsp3) is 0.0625. The number of imidazole rings is 1. The Labute approximate surface area is 120 Å². The molecule has 21 heavy (non-hydrogen) atoms. The van der Waals surface area contributed by atoms with Gasteiger partial charge < -0.3 is 5.32 Å². The molecule has 3 rings (SSSR count). The molecule has 0 fully saturated rings. The van der Waals surface area contributed by atoms with E-state index in [-0.39, 0.29) is 11.3 Å². The van der Waals surface area contributed by atoms with Crippen LogP contribution in [0.3, 0.4) is 0 Å². The van der Waals surface area contributed by atoms with Crippen LogP contribution in [0.5, 0.6) is 0 Å². The van der Waals surface area contributed by atoms with Crippen LogP contribution in [0.2, 0.25) is 0 Å². The van der Waals surface area contributed by atoms with Crippen molar-refractivity contribution in [2.24, 2.45) is 0 Å². The lowest BCUT2D eigenvalue weighted by molar-refractivity contribution is 0.595. The summed E-state index contributed by atoms with van der Waals surface area (Å²) < 4.78 is 29.2. The maximum Gasteiger partial charge on any atom is 0.212 e. The molecule has 106 valence electrons. The molecule has 0 saturated carbocycles. The molecule has 0 aliphatic heterocycles. The molecule has 1 heterocycles. The Morgan fingerprint density at radius 1 is 1.05 bits per heavy atom. The van der Waals surface area contributed by atoms with Crippen LogP contribution in [-0.2, 0) is 0 Å². The van der Waals surface area contributed by atoms with Crippen molar-refractivity contribution in [3.8, 4) is 5.69 Å². The van der Waals surface area contributed by atoms with E-state index in [1.54, 1.807) is 17.0 Å². The Morgan fingerprint density at radius 3 is 2.57 bits per heavy atom. The summed E-state index contributed by atoms with van der Waals surface area (Å²) in [6, 6.07) is 11.8. The van der Waals surface area contributed by atoms with Crippen LogP contribution in [0.25, 0.3) is 5.69 Å². The number of aromatic nitrogens is 2. The van der Waals surface area contributed by atoms with Crippen molar-refractivity contribution in [3.05, 3.63) is 72.1 Å². The van der Waals surface area contributed by atoms with E-state index in [2.05, 4.69) is 10.3 Å². The van der Waals surface area contributed by atoms with Gasteiger partial charge in [-0.2, -0.15) is 0 Å². The van der Waals surface area contributed by atoms with Crippen LogP contribution in [0.15, 0.2) is 54.9 Å². The minimum atomic E-state index is -0.517. The van der Waals surface area contributed by atoms with E-state index in [1.165, 1.54) is 6.92 Å². The molecule has 0 spiro atoms. The van der Waals surface area contributed by atoms with Crippen molar-refractivity contribution in [2.45, 2.75) is 6.92 Å². The van der Waals surface area contributed by atoms with Gasteiger partial charge in [0.15, 0.2) is 0 Å². The van der Waals surface area contributed by atoms with Crippen molar-refractivity contribution in [3.63, 3.8) is 0 Å². The number of nitrogens with zero attached hydrogens (tertiary/aromatic N) is 2. The molecule has 0 aliphatic carbocycles. The largest absolute Gasteiger partial charge is 0.323 e. The predicted molar refractivity (Wildman–Crippen MR) is 77.9 cm³/mol. The Kier molecular flexibility index (Phi) is 3.39. The van der Waals surface area contributed by atoms with Gasteiger partial charge >= 0.3 is 0 Å². The van der Waals surface area contributed by atoms with Crippen LogP contribution in [0, 0.1) is 18.6 Å². The van der Waals surface area contributed by atoms with Gasteiger partial charge in [-0.1, -0.05) is 18.2 Å². The molecule has 0 radical (unpaired) electrons. The summed E-state index contributed by atoms with van der Waals surface area (Å²) in [7, 11) is 0. The first kappa shape index (κ1) is 13.3. The molecule has 0 saturated heterocycles. The molecule has 0 unspecified atom stereocenters. The minimum absolute atomic E-state index is 0.0569. The highest BCUT2D eigenvalue weighted by Gasteiger charge is 2.11. The molecule has 2 aromatic carbocycles. The molecule has 0 atom stereocenters. The summed E-state index contributed by atoms with van der Waals surface area (Å²) in [6.07, 6.45) is 3.35. The lowest BCUT2D eigenvalue weighted by Gasteiger charge is -2.11. The van der Waals surface area contributed by atoms with Crippen molar-refractivity contribution in [1.82, 2.24) is 9.55 Å². The maximum absolute atomic E-state index is 13.9. The number of aryl methyl sites for hydroxylation is 1. The van der Waals surface area contributed by atoms with E-state index >= 15 is 0 Å². The number of benzene rings is 2. The van der Waals surface area contributed by atoms with Gasteiger partial charge in [-0.15, -0.1) is 0 Å². The van der Waals surface area contributed by atoms with Gasteiger partial charge in [0.1, 0.15) is 11.6 Å². The topological polar surface area (TPSA) is 29.9 Å². The zero-order chi connectivity index (χ0) is 14.8. The van der Waals surface area contributed by atoms with Gasteiger partial charge in [0, 0.05) is 24.1 Å². The first-order chi connectivity index (χ1) is 10.1. The van der Waals surface area contributed by atoms with Gasteiger partial charge in [-0.05, 0) is 30.7 Å². The molecule has 1 aromatic heterocycles. The molecule has 1 N–H and O–H groups in total. The smallest absolute Gasteiger partial charge is 0.212 e. The summed E-state index contributed by atoms with van der Waals surface area (Å²) in [5.41, 5.74) is 1.21. The molecular formula is C16H13F2N3. The molecule has 3 aromatic rings. The second kappa shape index (κ2) is 5.36. The summed E-state index contributed by atoms with van der Waals surface area (Å²) >= 11 is 0. The third-order valence-electron chi connectivity index (χ3n) is 3.17. The van der Waals surface area contributed by atoms with Crippen molar-refractivity contribution in [2.75, 3.05) is 5.32 Å². The average molecular weight is 285 g/mol. The Bertz CT molecular complexity index is 766. The summed E-state index contributed by atoms with van der Waals surface area (Å²) in [6.45, 7) is 1.52. The maximum atomic E-state index is 13.9. The number of para-hydroxylation sites is 1. The Balaban J connectivity index is 1.97. The van der Waals surface area contributed by atoms with E-state index in [1.807, 2.05) is 30.3 Å². The predicted octanol–water partition coefficient (Wildman–Crippen LogP) is 4.20. The average Bonchev–Trinajstić information content (AvgIpc) is 2.94. The van der Waals surface area contributed by atoms with Gasteiger partial charge in [0.2, 0.25) is 5.95 Å². The highest BCUT2D eigenvalue weighted by Crippen LogP contribution is 2.23. The number of hydrogen-bond acceptors (Lipinski definition) is 2. The van der Waals surface area contributed by atoms with Crippen LogP contribution in [0.4, 0.5) is 20.4 Å². The van der Waals surface area contributed by atoms with E-state index in [0.717, 1.165) is 17.8 Å². The lowest BCUT2D eigenvalue weighted by Crippen LogP contribution is -2.03. The molecule has 3 nitrogen and oxygen atoms in total. The van der Waals surface area contributed by atoms with E-state index in [0.29, 0.717) is 5.95 Å². The minimum Gasteiger partial charge on any atom is -0.323 e. The number of rotatable bonds is 3. The van der Waals surface area contributed by atoms with Gasteiger partial charge in [-0.25, -0.2) is 13.8 Å². The highest BCUT2D eigenvalue weighted by atomic mass is 19.1. The number of hydrogen-bond donors (Lipinski definition) is 1. The quantitative estimate of drug-likeness (QED) is 0.781. The fourth-order valence-electron chi connectivity index (χ4n) is 2.06. The van der Waals surface area contributed by atoms with Crippen LogP contribution in [-0.4, -0.2) is 9.55 Å². The van der Waals surface area contributed by atoms with Crippen LogP contribution < -0.4 is 5.32 Å². The standard InChI is InChI=1S/C16H13F2N3/c1-11-9-14(18)15(10-13(11)17)20-16-19-7-8-21(16)12-5-3-2-4-6-12/h2-10H,1H3,(H,19,20). The second-order valence-electron chi connectivity index (χ2n) is 4.66. The Hall–Kier alpha value is -2.69. The van der Waals surface area contributed by atoms with Crippen LogP contribution in [0.1, 0.15) is 5.56 Å². The second-order valence-corrected chi connectivity index (χ2v) is 4.66. The van der Waals surface area contributed by atoms with Crippen molar-refractivity contribution < 1.29 is 8.78 Å². The number of halogens is 2. The van der Waals surface area contributed by atoms with Gasteiger partial charge in [0.05, 0.1) is 5.69 Å². The molecule has 0 aliphatic rings. The molecule has 0 bridgehead atoms. The summed E-state index contributed by atoms with van der Waals surface area (Å²) in [4.78, 5) is 4.14. The zero-order valence-electron chi connectivity index (χ0n) is 11.3. The number of anilines is 2. The fourth-order valence-corrected chi connectivity index (χ4v) is 2.06. The van der Waals surface area contributed by atoms with E-state index in [9.17, 15) is 8.78 Å². The highest BCUT2D eigenvalue weighted by molar-refractivity contribution is 5.57.